The SMILES string of the molecule is F.O=C(O)[C@@H]1C[C@@H](O)CN1. The molecule has 10 heavy (non-hydrogen) atoms. The van der Waals surface area contributed by atoms with Gasteiger partial charge in [-0.3, -0.25) is 9.50 Å². The molecule has 2 atom stereocenters. The molecule has 1 fully saturated rings. The van der Waals surface area contributed by atoms with Crippen LogP contribution in [-0.2, 0) is 4.79 Å². The molecular weight excluding hydrogens is 141 g/mol. The summed E-state index contributed by atoms with van der Waals surface area (Å²) in [6.07, 6.45) is -0.152. The van der Waals surface area contributed by atoms with Crippen molar-refractivity contribution in [2.75, 3.05) is 6.54 Å². The fraction of sp³-hybridized carbons (Fsp3) is 0.800. The third-order valence-electron chi connectivity index (χ3n) is 1.41. The molecule has 0 radical (unpaired) electrons. The van der Waals surface area contributed by atoms with Crippen LogP contribution in [0.2, 0.25) is 0 Å². The van der Waals surface area contributed by atoms with Crippen LogP contribution in [0.25, 0.3) is 0 Å². The first-order chi connectivity index (χ1) is 4.20. The Balaban J connectivity index is 0.000000810. The molecule has 1 heterocycles. The Kier molecular flexibility index (Phi) is 3.24. The molecule has 0 unspecified atom stereocenters. The summed E-state index contributed by atoms with van der Waals surface area (Å²) < 4.78 is 0. The van der Waals surface area contributed by atoms with Gasteiger partial charge in [-0.25, -0.2) is 0 Å². The lowest BCUT2D eigenvalue weighted by Gasteiger charge is -1.99. The van der Waals surface area contributed by atoms with Gasteiger partial charge in [-0.2, -0.15) is 0 Å². The molecule has 1 saturated heterocycles. The molecule has 0 saturated carbocycles. The lowest BCUT2D eigenvalue weighted by molar-refractivity contribution is -0.139. The van der Waals surface area contributed by atoms with Gasteiger partial charge in [-0.15, -0.1) is 0 Å². The molecule has 1 aliphatic heterocycles. The van der Waals surface area contributed by atoms with Crippen molar-refractivity contribution in [2.24, 2.45) is 0 Å². The largest absolute Gasteiger partial charge is 0.480 e. The lowest BCUT2D eigenvalue weighted by atomic mass is 10.2. The molecule has 0 aliphatic carbocycles. The van der Waals surface area contributed by atoms with Crippen LogP contribution in [0.4, 0.5) is 4.70 Å². The zero-order valence-corrected chi connectivity index (χ0v) is 5.28. The summed E-state index contributed by atoms with van der Waals surface area (Å²) in [5.41, 5.74) is 0. The monoisotopic (exact) mass is 151 g/mol. The van der Waals surface area contributed by atoms with E-state index in [9.17, 15) is 4.79 Å². The number of β-amino-alcohol motifs (C(OH)–C–C–N with tert-alkyl or cyclic N) is 1. The Labute approximate surface area is 57.2 Å². The van der Waals surface area contributed by atoms with Crippen molar-refractivity contribution in [3.05, 3.63) is 0 Å². The molecule has 1 aliphatic rings. The molecule has 4 nitrogen and oxygen atoms in total. The number of carboxylic acids is 1. The van der Waals surface area contributed by atoms with Gasteiger partial charge in [0.15, 0.2) is 0 Å². The number of aliphatic hydroxyl groups excluding tert-OH is 1. The molecule has 0 bridgehead atoms. The highest BCUT2D eigenvalue weighted by Gasteiger charge is 2.27. The number of hydrogen-bond donors (Lipinski definition) is 3. The molecule has 0 spiro atoms. The highest BCUT2D eigenvalue weighted by atomic mass is 19.0. The second kappa shape index (κ2) is 3.48. The second-order valence-electron chi connectivity index (χ2n) is 2.19. The van der Waals surface area contributed by atoms with Crippen molar-refractivity contribution >= 4 is 5.97 Å². The quantitative estimate of drug-likeness (QED) is 0.447. The Morgan fingerprint density at radius 1 is 1.60 bits per heavy atom. The summed E-state index contributed by atoms with van der Waals surface area (Å²) in [4.78, 5) is 10.2. The summed E-state index contributed by atoms with van der Waals surface area (Å²) in [6.45, 7) is 0.400. The Morgan fingerprint density at radius 3 is 2.40 bits per heavy atom. The topological polar surface area (TPSA) is 69.6 Å². The minimum absolute atomic E-state index is 0. The Bertz CT molecular complexity index is 130. The van der Waals surface area contributed by atoms with Gasteiger partial charge in [0.05, 0.1) is 6.10 Å². The summed E-state index contributed by atoms with van der Waals surface area (Å²) in [5, 5.41) is 19.8. The van der Waals surface area contributed by atoms with Gasteiger partial charge in [0.2, 0.25) is 0 Å². The van der Waals surface area contributed by atoms with Crippen LogP contribution >= 0.6 is 0 Å². The van der Waals surface area contributed by atoms with E-state index in [4.69, 9.17) is 10.2 Å². The maximum atomic E-state index is 10.2. The number of rotatable bonds is 1. The molecule has 1 rings (SSSR count). The molecule has 5 heteroatoms. The minimum Gasteiger partial charge on any atom is -0.480 e. The standard InChI is InChI=1S/C5H9NO3.FH/c7-3-1-4(5(8)9)6-2-3;/h3-4,6-7H,1-2H2,(H,8,9);1H/t3-,4+;/m1./s1. The van der Waals surface area contributed by atoms with E-state index in [1.165, 1.54) is 0 Å². The zero-order valence-electron chi connectivity index (χ0n) is 5.28. The van der Waals surface area contributed by atoms with Crippen molar-refractivity contribution < 1.29 is 19.7 Å². The van der Waals surface area contributed by atoms with E-state index in [0.717, 1.165) is 0 Å². The van der Waals surface area contributed by atoms with E-state index in [1.54, 1.807) is 0 Å². The number of carbonyl (C=O) groups is 1. The van der Waals surface area contributed by atoms with E-state index in [1.807, 2.05) is 0 Å². The average Bonchev–Trinajstić information content (AvgIpc) is 2.14. The first-order valence-corrected chi connectivity index (χ1v) is 2.84. The van der Waals surface area contributed by atoms with Crippen LogP contribution in [0.1, 0.15) is 6.42 Å². The van der Waals surface area contributed by atoms with Crippen LogP contribution in [0.15, 0.2) is 0 Å². The van der Waals surface area contributed by atoms with Gasteiger partial charge < -0.3 is 15.5 Å². The average molecular weight is 151 g/mol. The van der Waals surface area contributed by atoms with Gasteiger partial charge in [-0.1, -0.05) is 0 Å². The van der Waals surface area contributed by atoms with Crippen molar-refractivity contribution in [3.63, 3.8) is 0 Å². The summed E-state index contributed by atoms with van der Waals surface area (Å²) in [6, 6.07) is -0.542. The summed E-state index contributed by atoms with van der Waals surface area (Å²) in [5.74, 6) is -0.883. The first-order valence-electron chi connectivity index (χ1n) is 2.84. The smallest absolute Gasteiger partial charge is 0.320 e. The predicted octanol–water partition coefficient (Wildman–Crippen LogP) is -1.05. The molecule has 0 amide bonds. The van der Waals surface area contributed by atoms with Crippen LogP contribution in [0, 0.1) is 0 Å². The predicted molar refractivity (Wildman–Crippen MR) is 32.6 cm³/mol. The van der Waals surface area contributed by atoms with Crippen LogP contribution in [-0.4, -0.2) is 34.9 Å². The van der Waals surface area contributed by atoms with Crippen LogP contribution in [0.5, 0.6) is 0 Å². The van der Waals surface area contributed by atoms with E-state index in [-0.39, 0.29) is 4.70 Å². The van der Waals surface area contributed by atoms with Crippen molar-refractivity contribution in [2.45, 2.75) is 18.6 Å². The maximum absolute atomic E-state index is 10.2. The number of aliphatic hydroxyl groups is 1. The van der Waals surface area contributed by atoms with Gasteiger partial charge in [0.1, 0.15) is 6.04 Å². The van der Waals surface area contributed by atoms with Crippen molar-refractivity contribution in [1.29, 1.82) is 0 Å². The molecule has 0 aromatic rings. The number of nitrogens with one attached hydrogen (secondary N) is 1. The van der Waals surface area contributed by atoms with Gasteiger partial charge in [0.25, 0.3) is 0 Å². The van der Waals surface area contributed by atoms with Crippen LogP contribution < -0.4 is 5.32 Å². The normalized spacial score (nSPS) is 31.3. The third kappa shape index (κ3) is 1.93. The van der Waals surface area contributed by atoms with Crippen molar-refractivity contribution in [3.8, 4) is 0 Å². The van der Waals surface area contributed by atoms with E-state index < -0.39 is 18.1 Å². The van der Waals surface area contributed by atoms with Gasteiger partial charge in [0, 0.05) is 13.0 Å². The molecule has 0 aromatic carbocycles. The van der Waals surface area contributed by atoms with Gasteiger partial charge >= 0.3 is 5.97 Å². The maximum Gasteiger partial charge on any atom is 0.320 e. The van der Waals surface area contributed by atoms with E-state index in [0.29, 0.717) is 13.0 Å². The third-order valence-corrected chi connectivity index (χ3v) is 1.41. The number of aliphatic carboxylic acids is 1. The van der Waals surface area contributed by atoms with Crippen LogP contribution in [0.3, 0.4) is 0 Å². The lowest BCUT2D eigenvalue weighted by Crippen LogP contribution is -2.29. The summed E-state index contributed by atoms with van der Waals surface area (Å²) >= 11 is 0. The Hall–Kier alpha value is -0.680. The van der Waals surface area contributed by atoms with Gasteiger partial charge in [-0.05, 0) is 0 Å². The molecular formula is C5H10FNO3. The van der Waals surface area contributed by atoms with Crippen molar-refractivity contribution in [1.82, 2.24) is 5.32 Å². The fourth-order valence-electron chi connectivity index (χ4n) is 0.905. The number of hydrogen-bond acceptors (Lipinski definition) is 3. The Morgan fingerprint density at radius 2 is 2.20 bits per heavy atom. The number of carboxylic acid groups (broad SMARTS) is 1. The van der Waals surface area contributed by atoms with E-state index >= 15 is 0 Å². The molecule has 3 N–H and O–H groups in total. The molecule has 60 valence electrons. The second-order valence-corrected chi connectivity index (χ2v) is 2.19. The zero-order chi connectivity index (χ0) is 6.85. The summed E-state index contributed by atoms with van der Waals surface area (Å²) in [7, 11) is 0. The highest BCUT2D eigenvalue weighted by molar-refractivity contribution is 5.73. The highest BCUT2D eigenvalue weighted by Crippen LogP contribution is 2.05. The number of halogens is 1. The fourth-order valence-corrected chi connectivity index (χ4v) is 0.905. The first kappa shape index (κ1) is 9.32. The molecule has 0 aromatic heterocycles. The van der Waals surface area contributed by atoms with E-state index in [2.05, 4.69) is 5.32 Å². The minimum atomic E-state index is -0.883.